The minimum atomic E-state index is -4.27. The third-order valence-corrected chi connectivity index (χ3v) is 9.75. The van der Waals surface area contributed by atoms with E-state index in [1.54, 1.807) is 18.2 Å². The standard InChI is InChI=1S/C30H35F2N5O5S/c1-30(2)17-37(43(40,41)22-12-19(31)11-20(32)13-22)16-24-26(34-35-28(24)30)15-27(38)23-6-5-21(36(3)4)14-25(23)33-29(39)18-7-9-42-10-8-18/h5-6,11-14,18H,7-10,15-17H2,1-4H3,(H,33,39)(H,34,35). The van der Waals surface area contributed by atoms with E-state index in [0.717, 1.165) is 22.1 Å². The van der Waals surface area contributed by atoms with Crippen LogP contribution in [-0.2, 0) is 37.9 Å². The number of hydrogen-bond donors (Lipinski definition) is 2. The molecule has 0 radical (unpaired) electrons. The van der Waals surface area contributed by atoms with Crippen molar-refractivity contribution in [2.45, 2.75) is 50.0 Å². The van der Waals surface area contributed by atoms with E-state index in [4.69, 9.17) is 4.74 Å². The number of aromatic amines is 1. The van der Waals surface area contributed by atoms with E-state index in [-0.39, 0.29) is 37.1 Å². The second-order valence-corrected chi connectivity index (χ2v) is 13.8. The fourth-order valence-electron chi connectivity index (χ4n) is 5.63. The van der Waals surface area contributed by atoms with Crippen molar-refractivity contribution in [3.05, 3.63) is 70.5 Å². The molecule has 0 bridgehead atoms. The first-order chi connectivity index (χ1) is 20.3. The zero-order valence-corrected chi connectivity index (χ0v) is 25.4. The van der Waals surface area contributed by atoms with Gasteiger partial charge in [-0.15, -0.1) is 0 Å². The molecule has 43 heavy (non-hydrogen) atoms. The lowest BCUT2D eigenvalue weighted by Gasteiger charge is -2.36. The number of nitrogens with one attached hydrogen (secondary N) is 2. The number of ketones is 1. The molecule has 0 spiro atoms. The predicted octanol–water partition coefficient (Wildman–Crippen LogP) is 4.03. The molecule has 2 aromatic carbocycles. The summed E-state index contributed by atoms with van der Waals surface area (Å²) >= 11 is 0. The molecule has 0 atom stereocenters. The lowest BCUT2D eigenvalue weighted by atomic mass is 9.83. The smallest absolute Gasteiger partial charge is 0.243 e. The van der Waals surface area contributed by atoms with Gasteiger partial charge < -0.3 is 15.0 Å². The molecular formula is C30H35F2N5O5S. The average Bonchev–Trinajstić information content (AvgIpc) is 3.36. The number of sulfonamides is 1. The van der Waals surface area contributed by atoms with Crippen LogP contribution in [0.15, 0.2) is 41.3 Å². The lowest BCUT2D eigenvalue weighted by molar-refractivity contribution is -0.122. The summed E-state index contributed by atoms with van der Waals surface area (Å²) < 4.78 is 61.3. The average molecular weight is 616 g/mol. The molecule has 13 heteroatoms. The van der Waals surface area contributed by atoms with Crippen molar-refractivity contribution in [1.29, 1.82) is 0 Å². The molecule has 5 rings (SSSR count). The van der Waals surface area contributed by atoms with Gasteiger partial charge >= 0.3 is 0 Å². The second-order valence-electron chi connectivity index (χ2n) is 11.9. The first-order valence-electron chi connectivity index (χ1n) is 14.0. The topological polar surface area (TPSA) is 125 Å². The van der Waals surface area contributed by atoms with Crippen molar-refractivity contribution in [2.75, 3.05) is 44.1 Å². The summed E-state index contributed by atoms with van der Waals surface area (Å²) in [5, 5.41) is 10.3. The van der Waals surface area contributed by atoms with Gasteiger partial charge in [0, 0.05) is 80.3 Å². The first-order valence-corrected chi connectivity index (χ1v) is 15.5. The van der Waals surface area contributed by atoms with Gasteiger partial charge in [0.2, 0.25) is 15.9 Å². The minimum absolute atomic E-state index is 0.0209. The van der Waals surface area contributed by atoms with E-state index in [1.807, 2.05) is 32.8 Å². The number of carbonyl (C=O) groups excluding carboxylic acids is 2. The number of anilines is 2. The van der Waals surface area contributed by atoms with E-state index in [9.17, 15) is 26.8 Å². The van der Waals surface area contributed by atoms with Gasteiger partial charge in [-0.25, -0.2) is 17.2 Å². The lowest BCUT2D eigenvalue weighted by Crippen LogP contribution is -2.45. The number of halogens is 2. The molecule has 3 aromatic rings. The number of amides is 1. The van der Waals surface area contributed by atoms with E-state index in [2.05, 4.69) is 15.5 Å². The number of nitrogens with zero attached hydrogens (tertiary/aromatic N) is 3. The molecule has 2 aliphatic heterocycles. The number of hydrogen-bond acceptors (Lipinski definition) is 7. The maximum Gasteiger partial charge on any atom is 0.243 e. The Morgan fingerprint density at radius 3 is 2.44 bits per heavy atom. The maximum absolute atomic E-state index is 13.9. The second kappa shape index (κ2) is 11.8. The van der Waals surface area contributed by atoms with Crippen molar-refractivity contribution in [2.24, 2.45) is 5.92 Å². The number of fused-ring (bicyclic) bond motifs is 1. The molecule has 3 heterocycles. The molecule has 1 amide bonds. The van der Waals surface area contributed by atoms with E-state index >= 15 is 0 Å². The van der Waals surface area contributed by atoms with Gasteiger partial charge in [-0.3, -0.25) is 14.7 Å². The molecule has 10 nitrogen and oxygen atoms in total. The highest BCUT2D eigenvalue weighted by Gasteiger charge is 2.41. The third-order valence-electron chi connectivity index (χ3n) is 7.98. The van der Waals surface area contributed by atoms with Crippen LogP contribution in [-0.4, -0.2) is 68.5 Å². The summed E-state index contributed by atoms with van der Waals surface area (Å²) in [6.45, 7) is 4.53. The number of Topliss-reactive ketones (excluding diaryl/α,β-unsaturated/α-hetero) is 1. The number of H-pyrrole nitrogens is 1. The van der Waals surface area contributed by atoms with Crippen LogP contribution in [0.4, 0.5) is 20.2 Å². The van der Waals surface area contributed by atoms with Crippen LogP contribution >= 0.6 is 0 Å². The Bertz CT molecular complexity index is 1640. The maximum atomic E-state index is 13.9. The minimum Gasteiger partial charge on any atom is -0.381 e. The molecule has 0 unspecified atom stereocenters. The Hall–Kier alpha value is -3.68. The summed E-state index contributed by atoms with van der Waals surface area (Å²) in [4.78, 5) is 28.2. The van der Waals surface area contributed by atoms with Crippen molar-refractivity contribution >= 4 is 33.1 Å². The molecular weight excluding hydrogens is 580 g/mol. The molecule has 0 aliphatic carbocycles. The van der Waals surface area contributed by atoms with Crippen LogP contribution in [0.3, 0.4) is 0 Å². The number of benzene rings is 2. The van der Waals surface area contributed by atoms with Crippen molar-refractivity contribution < 1.29 is 31.5 Å². The Kier molecular flexibility index (Phi) is 8.43. The predicted molar refractivity (Wildman–Crippen MR) is 157 cm³/mol. The number of carbonyl (C=O) groups is 2. The molecule has 1 aromatic heterocycles. The van der Waals surface area contributed by atoms with Gasteiger partial charge in [-0.2, -0.15) is 9.40 Å². The van der Waals surface area contributed by atoms with Gasteiger partial charge in [-0.05, 0) is 43.2 Å². The normalized spacial score (nSPS) is 17.3. The van der Waals surface area contributed by atoms with Crippen LogP contribution in [0.1, 0.15) is 54.0 Å². The van der Waals surface area contributed by atoms with E-state index in [0.29, 0.717) is 60.3 Å². The molecule has 0 saturated carbocycles. The highest BCUT2D eigenvalue weighted by atomic mass is 32.2. The Morgan fingerprint density at radius 1 is 1.12 bits per heavy atom. The van der Waals surface area contributed by atoms with Crippen LogP contribution in [0.2, 0.25) is 0 Å². The molecule has 1 fully saturated rings. The number of rotatable bonds is 8. The van der Waals surface area contributed by atoms with Gasteiger partial charge in [0.15, 0.2) is 5.78 Å². The summed E-state index contributed by atoms with van der Waals surface area (Å²) in [5.74, 6) is -2.69. The zero-order chi connectivity index (χ0) is 31.1. The first kappa shape index (κ1) is 30.8. The third kappa shape index (κ3) is 6.34. The largest absolute Gasteiger partial charge is 0.381 e. The van der Waals surface area contributed by atoms with Crippen molar-refractivity contribution in [1.82, 2.24) is 14.5 Å². The number of ether oxygens (including phenoxy) is 1. The number of aromatic nitrogens is 2. The SMILES string of the molecule is CN(C)c1ccc(C(=O)Cc2[nH]nc3c2CN(S(=O)(=O)c2cc(F)cc(F)c2)CC3(C)C)c(NC(=O)C2CCOCC2)c1. The summed E-state index contributed by atoms with van der Waals surface area (Å²) in [6.07, 6.45) is 1.06. The Morgan fingerprint density at radius 2 is 1.79 bits per heavy atom. The quantitative estimate of drug-likeness (QED) is 0.367. The van der Waals surface area contributed by atoms with Gasteiger partial charge in [-0.1, -0.05) is 13.8 Å². The highest BCUT2D eigenvalue weighted by Crippen LogP contribution is 2.37. The Labute approximate surface area is 249 Å². The van der Waals surface area contributed by atoms with Crippen LogP contribution in [0, 0.1) is 17.6 Å². The van der Waals surface area contributed by atoms with Gasteiger partial charge in [0.05, 0.1) is 22.7 Å². The summed E-state index contributed by atoms with van der Waals surface area (Å²) in [6, 6.07) is 7.39. The monoisotopic (exact) mass is 615 g/mol. The zero-order valence-electron chi connectivity index (χ0n) is 24.5. The van der Waals surface area contributed by atoms with Gasteiger partial charge in [0.25, 0.3) is 0 Å². The molecule has 2 aliphatic rings. The van der Waals surface area contributed by atoms with Crippen molar-refractivity contribution in [3.8, 4) is 0 Å². The fraction of sp³-hybridized carbons (Fsp3) is 0.433. The van der Waals surface area contributed by atoms with E-state index < -0.39 is 32.0 Å². The van der Waals surface area contributed by atoms with Crippen LogP contribution in [0.25, 0.3) is 0 Å². The van der Waals surface area contributed by atoms with E-state index in [1.165, 1.54) is 0 Å². The van der Waals surface area contributed by atoms with Crippen LogP contribution < -0.4 is 10.2 Å². The highest BCUT2D eigenvalue weighted by molar-refractivity contribution is 7.89. The van der Waals surface area contributed by atoms with Gasteiger partial charge in [0.1, 0.15) is 11.6 Å². The summed E-state index contributed by atoms with van der Waals surface area (Å²) in [7, 11) is -0.557. The van der Waals surface area contributed by atoms with Crippen molar-refractivity contribution in [3.63, 3.8) is 0 Å². The Balaban J connectivity index is 1.44. The molecule has 1 saturated heterocycles. The summed E-state index contributed by atoms with van der Waals surface area (Å²) in [5.41, 5.74) is 2.31. The molecule has 2 N–H and O–H groups in total. The van der Waals surface area contributed by atoms with Crippen LogP contribution in [0.5, 0.6) is 0 Å². The fourth-order valence-corrected chi connectivity index (χ4v) is 7.24. The molecule has 230 valence electrons.